The Morgan fingerprint density at radius 1 is 1.38 bits per heavy atom. The van der Waals surface area contributed by atoms with Crippen molar-refractivity contribution in [1.82, 2.24) is 4.98 Å². The summed E-state index contributed by atoms with van der Waals surface area (Å²) in [6.45, 7) is 0. The highest BCUT2D eigenvalue weighted by Crippen LogP contribution is 2.27. The Bertz CT molecular complexity index is 441. The van der Waals surface area contributed by atoms with Crippen LogP contribution in [-0.2, 0) is 0 Å². The van der Waals surface area contributed by atoms with E-state index in [1.807, 2.05) is 4.98 Å². The highest BCUT2D eigenvalue weighted by molar-refractivity contribution is 9.10. The van der Waals surface area contributed by atoms with Crippen LogP contribution in [0.3, 0.4) is 0 Å². The third kappa shape index (κ3) is 3.19. The molecule has 1 heterocycles. The molecule has 0 aliphatic rings. The van der Waals surface area contributed by atoms with Crippen LogP contribution in [0.2, 0.25) is 0 Å². The summed E-state index contributed by atoms with van der Waals surface area (Å²) in [7, 11) is 0. The fourth-order valence-corrected chi connectivity index (χ4v) is 1.37. The summed E-state index contributed by atoms with van der Waals surface area (Å²) in [6.07, 6.45) is -8.06. The molecule has 1 N–H and O–H groups in total. The Labute approximate surface area is 93.4 Å². The molecular formula is C7H3BrF5NO2. The number of aromatic amines is 1. The van der Waals surface area contributed by atoms with Crippen molar-refractivity contribution in [2.24, 2.45) is 0 Å². The first kappa shape index (κ1) is 12.9. The summed E-state index contributed by atoms with van der Waals surface area (Å²) in [6, 6.07) is 0.344. The first-order valence-electron chi connectivity index (χ1n) is 3.67. The zero-order valence-corrected chi connectivity index (χ0v) is 8.82. The summed E-state index contributed by atoms with van der Waals surface area (Å²) in [5, 5.41) is 0. The number of pyridine rings is 1. The second-order valence-corrected chi connectivity index (χ2v) is 3.37. The van der Waals surface area contributed by atoms with E-state index in [-0.39, 0.29) is 0 Å². The SMILES string of the molecule is O=c1cc(C(F)F)[nH]c(Br)c1OC(F)(F)F. The number of hydrogen-bond donors (Lipinski definition) is 1. The number of H-pyrrole nitrogens is 1. The number of aromatic nitrogens is 1. The zero-order chi connectivity index (χ0) is 12.5. The Morgan fingerprint density at radius 3 is 2.31 bits per heavy atom. The minimum Gasteiger partial charge on any atom is -0.399 e. The monoisotopic (exact) mass is 307 g/mol. The molecule has 1 aromatic heterocycles. The van der Waals surface area contributed by atoms with E-state index in [9.17, 15) is 26.7 Å². The van der Waals surface area contributed by atoms with Crippen LogP contribution in [0.25, 0.3) is 0 Å². The van der Waals surface area contributed by atoms with Crippen LogP contribution in [-0.4, -0.2) is 11.3 Å². The largest absolute Gasteiger partial charge is 0.573 e. The normalized spacial score (nSPS) is 11.9. The van der Waals surface area contributed by atoms with Crippen molar-refractivity contribution in [2.45, 2.75) is 12.8 Å². The van der Waals surface area contributed by atoms with Crippen LogP contribution < -0.4 is 10.2 Å². The van der Waals surface area contributed by atoms with E-state index in [1.54, 1.807) is 0 Å². The van der Waals surface area contributed by atoms with Gasteiger partial charge in [0.2, 0.25) is 11.2 Å². The summed E-state index contributed by atoms with van der Waals surface area (Å²) < 4.78 is 62.5. The van der Waals surface area contributed by atoms with Gasteiger partial charge in [0.1, 0.15) is 4.60 Å². The molecule has 0 atom stereocenters. The van der Waals surface area contributed by atoms with E-state index in [0.717, 1.165) is 0 Å². The average Bonchev–Trinajstić information content (AvgIpc) is 2.09. The van der Waals surface area contributed by atoms with Gasteiger partial charge in [0.05, 0.1) is 5.69 Å². The van der Waals surface area contributed by atoms with Crippen LogP contribution in [0.4, 0.5) is 22.0 Å². The van der Waals surface area contributed by atoms with Crippen LogP contribution in [0, 0.1) is 0 Å². The minimum absolute atomic E-state index is 0.344. The van der Waals surface area contributed by atoms with E-state index >= 15 is 0 Å². The van der Waals surface area contributed by atoms with Crippen molar-refractivity contribution in [3.05, 3.63) is 26.6 Å². The van der Waals surface area contributed by atoms with E-state index in [0.29, 0.717) is 6.07 Å². The Hall–Kier alpha value is -1.12. The molecule has 0 aliphatic carbocycles. The van der Waals surface area contributed by atoms with Gasteiger partial charge in [-0.3, -0.25) is 4.79 Å². The molecule has 16 heavy (non-hydrogen) atoms. The van der Waals surface area contributed by atoms with Crippen molar-refractivity contribution in [3.8, 4) is 5.75 Å². The van der Waals surface area contributed by atoms with Gasteiger partial charge >= 0.3 is 6.36 Å². The molecule has 0 bridgehead atoms. The van der Waals surface area contributed by atoms with Crippen LogP contribution in [0.15, 0.2) is 15.5 Å². The molecule has 0 amide bonds. The van der Waals surface area contributed by atoms with Gasteiger partial charge < -0.3 is 9.72 Å². The second kappa shape index (κ2) is 4.40. The molecule has 0 fully saturated rings. The van der Waals surface area contributed by atoms with Gasteiger partial charge in [-0.1, -0.05) is 0 Å². The lowest BCUT2D eigenvalue weighted by Gasteiger charge is -2.10. The number of nitrogens with one attached hydrogen (secondary N) is 1. The van der Waals surface area contributed by atoms with Crippen LogP contribution >= 0.6 is 15.9 Å². The van der Waals surface area contributed by atoms with Gasteiger partial charge in [-0.05, 0) is 15.9 Å². The molecule has 3 nitrogen and oxygen atoms in total. The lowest BCUT2D eigenvalue weighted by Crippen LogP contribution is -2.22. The minimum atomic E-state index is -5.07. The van der Waals surface area contributed by atoms with Crippen molar-refractivity contribution < 1.29 is 26.7 Å². The number of halogens is 6. The van der Waals surface area contributed by atoms with Crippen molar-refractivity contribution in [2.75, 3.05) is 0 Å². The maximum atomic E-state index is 12.1. The maximum Gasteiger partial charge on any atom is 0.573 e. The molecule has 1 rings (SSSR count). The fraction of sp³-hybridized carbons (Fsp3) is 0.286. The molecule has 0 unspecified atom stereocenters. The van der Waals surface area contributed by atoms with E-state index in [2.05, 4.69) is 20.7 Å². The Morgan fingerprint density at radius 2 is 1.94 bits per heavy atom. The zero-order valence-electron chi connectivity index (χ0n) is 7.24. The number of alkyl halides is 5. The average molecular weight is 308 g/mol. The summed E-state index contributed by atoms with van der Waals surface area (Å²) in [5.41, 5.74) is -2.09. The molecule has 0 spiro atoms. The molecule has 0 saturated heterocycles. The van der Waals surface area contributed by atoms with E-state index < -0.39 is 34.3 Å². The van der Waals surface area contributed by atoms with Crippen LogP contribution in [0.1, 0.15) is 12.1 Å². The predicted molar refractivity (Wildman–Crippen MR) is 46.4 cm³/mol. The molecular weight excluding hydrogens is 305 g/mol. The maximum absolute atomic E-state index is 12.1. The number of hydrogen-bond acceptors (Lipinski definition) is 2. The quantitative estimate of drug-likeness (QED) is 0.674. The number of rotatable bonds is 2. The van der Waals surface area contributed by atoms with E-state index in [1.165, 1.54) is 0 Å². The first-order chi connectivity index (χ1) is 7.20. The van der Waals surface area contributed by atoms with Crippen molar-refractivity contribution in [3.63, 3.8) is 0 Å². The lowest BCUT2D eigenvalue weighted by molar-refractivity contribution is -0.275. The summed E-state index contributed by atoms with van der Waals surface area (Å²) in [4.78, 5) is 12.9. The summed E-state index contributed by atoms with van der Waals surface area (Å²) in [5.74, 6) is -1.11. The third-order valence-electron chi connectivity index (χ3n) is 1.42. The van der Waals surface area contributed by atoms with Crippen LogP contribution in [0.5, 0.6) is 5.75 Å². The van der Waals surface area contributed by atoms with Gasteiger partial charge in [-0.15, -0.1) is 13.2 Å². The smallest absolute Gasteiger partial charge is 0.399 e. The molecule has 0 radical (unpaired) electrons. The van der Waals surface area contributed by atoms with Gasteiger partial charge in [-0.2, -0.15) is 0 Å². The van der Waals surface area contributed by atoms with Gasteiger partial charge in [0, 0.05) is 6.07 Å². The van der Waals surface area contributed by atoms with Crippen molar-refractivity contribution >= 4 is 15.9 Å². The molecule has 0 aromatic carbocycles. The molecule has 9 heteroatoms. The predicted octanol–water partition coefficient (Wildman–Crippen LogP) is 2.97. The van der Waals surface area contributed by atoms with Gasteiger partial charge in [0.15, 0.2) is 0 Å². The summed E-state index contributed by atoms with van der Waals surface area (Å²) >= 11 is 2.51. The van der Waals surface area contributed by atoms with E-state index in [4.69, 9.17) is 0 Å². The standard InChI is InChI=1S/C7H3BrF5NO2/c8-5-4(16-7(11,12)13)3(15)1-2(14-5)6(9)10/h1,6H,(H,14,15). The highest BCUT2D eigenvalue weighted by Gasteiger charge is 2.33. The van der Waals surface area contributed by atoms with Crippen molar-refractivity contribution in [1.29, 1.82) is 0 Å². The topological polar surface area (TPSA) is 42.1 Å². The molecule has 0 aliphatic heterocycles. The number of ether oxygens (including phenoxy) is 1. The third-order valence-corrected chi connectivity index (χ3v) is 1.98. The Kier molecular flexibility index (Phi) is 3.56. The van der Waals surface area contributed by atoms with Gasteiger partial charge in [0.25, 0.3) is 6.43 Å². The molecule has 1 aromatic rings. The molecule has 90 valence electrons. The fourth-order valence-electron chi connectivity index (χ4n) is 0.863. The second-order valence-electron chi connectivity index (χ2n) is 2.58. The molecule has 0 saturated carbocycles. The lowest BCUT2D eigenvalue weighted by atomic mass is 10.3. The Balaban J connectivity index is 3.19. The van der Waals surface area contributed by atoms with Gasteiger partial charge in [-0.25, -0.2) is 8.78 Å². The first-order valence-corrected chi connectivity index (χ1v) is 4.46. The highest BCUT2D eigenvalue weighted by atomic mass is 79.9.